The number of ether oxygens (including phenoxy) is 1. The van der Waals surface area contributed by atoms with Crippen molar-refractivity contribution in [3.63, 3.8) is 0 Å². The molecule has 0 spiro atoms. The Bertz CT molecular complexity index is 152. The molecule has 0 bridgehead atoms. The number of ketones is 1. The molecule has 0 heterocycles. The van der Waals surface area contributed by atoms with Crippen LogP contribution in [0.3, 0.4) is 0 Å². The Morgan fingerprint density at radius 2 is 1.77 bits per heavy atom. The lowest BCUT2D eigenvalue weighted by molar-refractivity contribution is -0.129. The van der Waals surface area contributed by atoms with Crippen molar-refractivity contribution < 1.29 is 9.53 Å². The summed E-state index contributed by atoms with van der Waals surface area (Å²) in [5.74, 6) is 1.18. The first-order valence-electron chi connectivity index (χ1n) is 5.02. The molecule has 13 heavy (non-hydrogen) atoms. The van der Waals surface area contributed by atoms with Crippen molar-refractivity contribution in [1.29, 1.82) is 0 Å². The maximum absolute atomic E-state index is 11.1. The number of carbonyl (C=O) groups excluding carboxylic acids is 1. The highest BCUT2D eigenvalue weighted by atomic mass is 16.5. The van der Waals surface area contributed by atoms with Crippen LogP contribution in [0.15, 0.2) is 0 Å². The maximum Gasteiger partial charge on any atom is 0.158 e. The Morgan fingerprint density at radius 1 is 1.23 bits per heavy atom. The number of Topliss-reactive ketones (excluding diaryl/α,β-unsaturated/α-hetero) is 1. The molecule has 2 unspecified atom stereocenters. The molecule has 0 aliphatic carbocycles. The summed E-state index contributed by atoms with van der Waals surface area (Å²) in [5, 5.41) is 0. The van der Waals surface area contributed by atoms with Crippen LogP contribution in [-0.4, -0.2) is 19.0 Å². The lowest BCUT2D eigenvalue weighted by Gasteiger charge is -2.20. The van der Waals surface area contributed by atoms with Crippen LogP contribution in [0.5, 0.6) is 0 Å². The second-order valence-electron chi connectivity index (χ2n) is 4.22. The molecule has 0 saturated carbocycles. The molecule has 0 N–H and O–H groups in total. The molecule has 0 aromatic heterocycles. The highest BCUT2D eigenvalue weighted by Gasteiger charge is 2.20. The highest BCUT2D eigenvalue weighted by Crippen LogP contribution is 2.17. The van der Waals surface area contributed by atoms with Gasteiger partial charge in [0.05, 0.1) is 0 Å². The molecule has 0 radical (unpaired) electrons. The average Bonchev–Trinajstić information content (AvgIpc) is 2.01. The third-order valence-electron chi connectivity index (χ3n) is 2.37. The summed E-state index contributed by atoms with van der Waals surface area (Å²) in [6.45, 7) is 8.07. The molecular formula is C11H22O2. The number of hydrogen-bond acceptors (Lipinski definition) is 2. The topological polar surface area (TPSA) is 26.3 Å². The van der Waals surface area contributed by atoms with E-state index < -0.39 is 0 Å². The van der Waals surface area contributed by atoms with Crippen LogP contribution in [0.4, 0.5) is 0 Å². The van der Waals surface area contributed by atoms with Crippen LogP contribution >= 0.6 is 0 Å². The second kappa shape index (κ2) is 6.14. The second-order valence-corrected chi connectivity index (χ2v) is 4.22. The van der Waals surface area contributed by atoms with Gasteiger partial charge in [0.1, 0.15) is 6.10 Å². The zero-order valence-electron chi connectivity index (χ0n) is 9.46. The van der Waals surface area contributed by atoms with Gasteiger partial charge in [0.25, 0.3) is 0 Å². The van der Waals surface area contributed by atoms with Gasteiger partial charge in [0.15, 0.2) is 5.78 Å². The van der Waals surface area contributed by atoms with Crippen molar-refractivity contribution in [3.05, 3.63) is 0 Å². The lowest BCUT2D eigenvalue weighted by atomic mass is 9.93. The van der Waals surface area contributed by atoms with E-state index in [2.05, 4.69) is 20.8 Å². The van der Waals surface area contributed by atoms with Crippen LogP contribution in [0.25, 0.3) is 0 Å². The Hall–Kier alpha value is -0.370. The van der Waals surface area contributed by atoms with Gasteiger partial charge in [0.2, 0.25) is 0 Å². The first-order valence-corrected chi connectivity index (χ1v) is 5.02. The van der Waals surface area contributed by atoms with E-state index in [1.165, 1.54) is 0 Å². The quantitative estimate of drug-likeness (QED) is 0.637. The van der Waals surface area contributed by atoms with Gasteiger partial charge in [-0.2, -0.15) is 0 Å². The summed E-state index contributed by atoms with van der Waals surface area (Å²) < 4.78 is 5.16. The fourth-order valence-electron chi connectivity index (χ4n) is 1.55. The molecule has 78 valence electrons. The van der Waals surface area contributed by atoms with E-state index in [-0.39, 0.29) is 11.9 Å². The number of hydrogen-bond donors (Lipinski definition) is 0. The summed E-state index contributed by atoms with van der Waals surface area (Å²) in [7, 11) is 1.61. The minimum Gasteiger partial charge on any atom is -0.373 e. The van der Waals surface area contributed by atoms with Crippen LogP contribution in [0.1, 0.15) is 40.5 Å². The Kier molecular flexibility index (Phi) is 5.97. The smallest absolute Gasteiger partial charge is 0.158 e. The van der Waals surface area contributed by atoms with E-state index in [1.807, 2.05) is 0 Å². The Balaban J connectivity index is 3.91. The van der Waals surface area contributed by atoms with E-state index in [0.29, 0.717) is 11.8 Å². The monoisotopic (exact) mass is 186 g/mol. The molecule has 0 amide bonds. The van der Waals surface area contributed by atoms with Gasteiger partial charge in [-0.1, -0.05) is 27.2 Å². The molecular weight excluding hydrogens is 164 g/mol. The number of carbonyl (C=O) groups is 1. The predicted molar refractivity (Wildman–Crippen MR) is 54.7 cm³/mol. The molecule has 0 aliphatic rings. The Morgan fingerprint density at radius 3 is 2.08 bits per heavy atom. The van der Waals surface area contributed by atoms with Crippen molar-refractivity contribution in [2.24, 2.45) is 11.8 Å². The minimum absolute atomic E-state index is 0.138. The molecule has 0 rings (SSSR count). The largest absolute Gasteiger partial charge is 0.373 e. The molecule has 0 aromatic carbocycles. The molecule has 0 fully saturated rings. The van der Waals surface area contributed by atoms with Crippen molar-refractivity contribution in [1.82, 2.24) is 0 Å². The van der Waals surface area contributed by atoms with E-state index in [4.69, 9.17) is 4.74 Å². The van der Waals surface area contributed by atoms with Gasteiger partial charge in [-0.25, -0.2) is 0 Å². The maximum atomic E-state index is 11.1. The van der Waals surface area contributed by atoms with Crippen LogP contribution in [0.2, 0.25) is 0 Å². The van der Waals surface area contributed by atoms with E-state index in [0.717, 1.165) is 12.8 Å². The van der Waals surface area contributed by atoms with Crippen LogP contribution in [-0.2, 0) is 9.53 Å². The van der Waals surface area contributed by atoms with Crippen LogP contribution < -0.4 is 0 Å². The molecule has 2 nitrogen and oxygen atoms in total. The Labute approximate surface area is 81.7 Å². The third-order valence-corrected chi connectivity index (χ3v) is 2.37. The molecule has 0 saturated heterocycles. The van der Waals surface area contributed by atoms with Gasteiger partial charge in [-0.3, -0.25) is 4.79 Å². The van der Waals surface area contributed by atoms with Crippen LogP contribution in [0, 0.1) is 11.8 Å². The summed E-state index contributed by atoms with van der Waals surface area (Å²) in [4.78, 5) is 11.1. The third kappa shape index (κ3) is 5.04. The zero-order chi connectivity index (χ0) is 10.4. The fraction of sp³-hybridized carbons (Fsp3) is 0.909. The first-order chi connectivity index (χ1) is 5.99. The average molecular weight is 186 g/mol. The number of rotatable bonds is 6. The van der Waals surface area contributed by atoms with Crippen molar-refractivity contribution in [2.45, 2.75) is 46.6 Å². The molecule has 2 atom stereocenters. The first kappa shape index (κ1) is 12.6. The fourth-order valence-corrected chi connectivity index (χ4v) is 1.55. The summed E-state index contributed by atoms with van der Waals surface area (Å²) in [6.07, 6.45) is 2.02. The van der Waals surface area contributed by atoms with Gasteiger partial charge in [-0.05, 0) is 25.2 Å². The van der Waals surface area contributed by atoms with Gasteiger partial charge in [-0.15, -0.1) is 0 Å². The molecule has 0 aromatic rings. The van der Waals surface area contributed by atoms with E-state index >= 15 is 0 Å². The van der Waals surface area contributed by atoms with E-state index in [1.54, 1.807) is 14.0 Å². The summed E-state index contributed by atoms with van der Waals surface area (Å²) >= 11 is 0. The zero-order valence-corrected chi connectivity index (χ0v) is 9.46. The predicted octanol–water partition coefficient (Wildman–Crippen LogP) is 2.66. The van der Waals surface area contributed by atoms with E-state index in [9.17, 15) is 4.79 Å². The SMILES string of the molecule is COC(C(C)=O)C(C)CCC(C)C. The minimum atomic E-state index is -0.209. The lowest BCUT2D eigenvalue weighted by Crippen LogP contribution is -2.28. The summed E-state index contributed by atoms with van der Waals surface area (Å²) in [6, 6.07) is 0. The van der Waals surface area contributed by atoms with Gasteiger partial charge in [0, 0.05) is 7.11 Å². The molecule has 2 heteroatoms. The van der Waals surface area contributed by atoms with Crippen molar-refractivity contribution in [2.75, 3.05) is 7.11 Å². The van der Waals surface area contributed by atoms with Gasteiger partial charge >= 0.3 is 0 Å². The van der Waals surface area contributed by atoms with Crippen molar-refractivity contribution in [3.8, 4) is 0 Å². The summed E-state index contributed by atoms with van der Waals surface area (Å²) in [5.41, 5.74) is 0. The highest BCUT2D eigenvalue weighted by molar-refractivity contribution is 5.80. The standard InChI is InChI=1S/C11H22O2/c1-8(2)6-7-9(3)11(13-5)10(4)12/h8-9,11H,6-7H2,1-5H3. The van der Waals surface area contributed by atoms with Crippen molar-refractivity contribution >= 4 is 5.78 Å². The normalized spacial score (nSPS) is 15.8. The molecule has 0 aliphatic heterocycles. The number of methoxy groups -OCH3 is 1. The van der Waals surface area contributed by atoms with Gasteiger partial charge < -0.3 is 4.74 Å².